The molecule has 570 valence electrons. The summed E-state index contributed by atoms with van der Waals surface area (Å²) in [6.45, 7) is 19.3. The van der Waals surface area contributed by atoms with Crippen molar-refractivity contribution in [2.24, 2.45) is 0 Å². The molecule has 0 bridgehead atoms. The molecule has 0 unspecified atom stereocenters. The van der Waals surface area contributed by atoms with Crippen LogP contribution in [0.5, 0.6) is 0 Å². The van der Waals surface area contributed by atoms with Crippen LogP contribution in [0.4, 0.5) is 34.1 Å². The second-order valence-corrected chi connectivity index (χ2v) is 34.5. The Kier molecular flexibility index (Phi) is 13.8. The van der Waals surface area contributed by atoms with Gasteiger partial charge in [0.05, 0.1) is 54.0 Å². The lowest BCUT2D eigenvalue weighted by Gasteiger charge is -2.46. The third-order valence-electron chi connectivity index (χ3n) is 24.0. The third-order valence-corrected chi connectivity index (χ3v) is 24.0. The van der Waals surface area contributed by atoms with Gasteiger partial charge in [-0.05, 0) is 213 Å². The summed E-state index contributed by atoms with van der Waals surface area (Å²) in [4.78, 5) is 4.80. The van der Waals surface area contributed by atoms with Crippen LogP contribution in [-0.2, 0) is 16.2 Å². The number of hydrogen-bond donors (Lipinski definition) is 0. The van der Waals surface area contributed by atoms with Crippen molar-refractivity contribution in [2.75, 3.05) is 9.80 Å². The van der Waals surface area contributed by atoms with E-state index < -0.39 is 95.5 Å². The van der Waals surface area contributed by atoms with Crippen LogP contribution in [0.1, 0.15) is 99.6 Å². The summed E-state index contributed by atoms with van der Waals surface area (Å²) >= 11 is 0. The Morgan fingerprint density at radius 2 is 0.555 bits per heavy atom. The first-order valence-electron chi connectivity index (χ1n) is 48.2. The van der Waals surface area contributed by atoms with Crippen molar-refractivity contribution in [3.63, 3.8) is 0 Å². The molecular formula is C114H91BN4. The predicted molar refractivity (Wildman–Crippen MR) is 509 cm³/mol. The largest absolute Gasteiger partial charge is 0.310 e. The zero-order valence-corrected chi connectivity index (χ0v) is 67.7. The molecule has 2 aliphatic heterocycles. The molecule has 4 nitrogen and oxygen atoms in total. The van der Waals surface area contributed by atoms with Crippen LogP contribution in [0.25, 0.3) is 144 Å². The minimum absolute atomic E-state index is 0.00367. The molecule has 0 saturated carbocycles. The smallest absolute Gasteiger partial charge is 0.252 e. The normalized spacial score (nSPS) is 14.5. The van der Waals surface area contributed by atoms with Gasteiger partial charge >= 0.3 is 0 Å². The van der Waals surface area contributed by atoms with Crippen molar-refractivity contribution in [2.45, 2.75) is 78.6 Å². The van der Waals surface area contributed by atoms with E-state index >= 15 is 0 Å². The molecule has 19 aromatic rings. The third kappa shape index (κ3) is 12.5. The summed E-state index contributed by atoms with van der Waals surface area (Å²) in [6.07, 6.45) is 0. The Morgan fingerprint density at radius 3 is 0.958 bits per heavy atom. The topological polar surface area (TPSA) is 16.3 Å². The highest BCUT2D eigenvalue weighted by atomic mass is 15.2. The summed E-state index contributed by atoms with van der Waals surface area (Å²) in [5.74, 6) is 0. The van der Waals surface area contributed by atoms with Crippen molar-refractivity contribution in [3.8, 4) is 100 Å². The van der Waals surface area contributed by atoms with Gasteiger partial charge in [-0.25, -0.2) is 0 Å². The van der Waals surface area contributed by atoms with Gasteiger partial charge in [0.2, 0.25) is 0 Å². The van der Waals surface area contributed by atoms with Gasteiger partial charge in [-0.15, -0.1) is 0 Å². The van der Waals surface area contributed by atoms with E-state index in [9.17, 15) is 20.6 Å². The Labute approximate surface area is 720 Å². The zero-order valence-electron chi connectivity index (χ0n) is 82.7. The van der Waals surface area contributed by atoms with Crippen LogP contribution in [0.2, 0.25) is 0 Å². The molecule has 119 heavy (non-hydrogen) atoms. The van der Waals surface area contributed by atoms with E-state index in [0.29, 0.717) is 28.4 Å². The average Bonchev–Trinajstić information content (AvgIpc) is 1.06. The zero-order chi connectivity index (χ0) is 93.6. The fourth-order valence-electron chi connectivity index (χ4n) is 18.0. The number of anilines is 6. The van der Waals surface area contributed by atoms with Gasteiger partial charge in [0.1, 0.15) is 0 Å². The number of benzene rings is 17. The van der Waals surface area contributed by atoms with Gasteiger partial charge in [-0.3, -0.25) is 0 Å². The molecule has 21 rings (SSSR count). The number of aromatic nitrogens is 2. The van der Waals surface area contributed by atoms with Gasteiger partial charge < -0.3 is 18.9 Å². The Balaban J connectivity index is 1.02. The first kappa shape index (κ1) is 57.9. The molecule has 4 heterocycles. The van der Waals surface area contributed by atoms with E-state index in [2.05, 4.69) is 291 Å². The summed E-state index contributed by atoms with van der Waals surface area (Å²) in [6, 6.07) is 96.6. The molecule has 2 aromatic heterocycles. The first-order valence-corrected chi connectivity index (χ1v) is 40.7. The SMILES string of the molecule is [2H]c1cc([2H])c2c(c1[2H])c1c([2H])c([2H])c([2H])c([2H])c1n2-c1ccc2c(c1)N(c1c(-c3ccccc3)cc(C(C)(C)C)cc1-c1ccccc1)c1cc(-c3cc(C(C)(C)C)cc(C(C)(C)C)c3)cc3c1B2c1ccc(-n2c4c([2H])c([2H])c([2H])c([2H])c4c4c([2H])c([2H])c([2H])c([2H])c42)cc1N3c1c(-c2cccc(-c3ccccc3)c2)cc(-c2ccccc2)cc1-c1cccc(-c2ccccc2)c1. The fraction of sp³-hybridized carbons (Fsp3) is 0.105. The quantitative estimate of drug-likeness (QED) is 0.113. The van der Waals surface area contributed by atoms with Gasteiger partial charge in [0.25, 0.3) is 6.71 Å². The number of hydrogen-bond acceptors (Lipinski definition) is 2. The van der Waals surface area contributed by atoms with Crippen LogP contribution in [-0.4, -0.2) is 15.8 Å². The fourth-order valence-corrected chi connectivity index (χ4v) is 18.0. The van der Waals surface area contributed by atoms with Crippen molar-refractivity contribution in [1.29, 1.82) is 0 Å². The number of rotatable bonds is 12. The lowest BCUT2D eigenvalue weighted by molar-refractivity contribution is 0.569. The molecule has 0 amide bonds. The van der Waals surface area contributed by atoms with Gasteiger partial charge in [0.15, 0.2) is 0 Å². The lowest BCUT2D eigenvalue weighted by Crippen LogP contribution is -2.61. The molecule has 2 aliphatic rings. The van der Waals surface area contributed by atoms with Crippen molar-refractivity contribution in [1.82, 2.24) is 9.13 Å². The number of para-hydroxylation sites is 4. The monoisotopic (exact) mass is 1540 g/mol. The van der Waals surface area contributed by atoms with Crippen LogP contribution in [0.15, 0.2) is 388 Å². The average molecular weight is 1540 g/mol. The second-order valence-electron chi connectivity index (χ2n) is 34.5. The van der Waals surface area contributed by atoms with E-state index in [1.54, 1.807) is 9.13 Å². The molecular weight excluding hydrogens is 1440 g/mol. The highest BCUT2D eigenvalue weighted by Gasteiger charge is 2.47. The molecule has 0 saturated heterocycles. The van der Waals surface area contributed by atoms with E-state index in [-0.39, 0.29) is 61.7 Å². The molecule has 17 aromatic carbocycles. The van der Waals surface area contributed by atoms with E-state index in [4.69, 9.17) is 0 Å². The van der Waals surface area contributed by atoms with Crippen molar-refractivity contribution >= 4 is 101 Å². The molecule has 0 spiro atoms. The highest BCUT2D eigenvalue weighted by Crippen LogP contribution is 2.57. The van der Waals surface area contributed by atoms with Crippen LogP contribution >= 0.6 is 0 Å². The standard InChI is InChI=1S/C114H91BN4/c1-112(2,3)86-63-83(64-87(69-86)113(4,5)6)85-67-107-109-108(68-85)119(111-97(77-41-21-13-22-42-77)70-88(114(7,8)9)71-98(111)78-43-23-14-24-44-78)106-73-90(117-103-55-31-27-51-93(103)94-52-28-32-56-104(94)117)58-60-100(106)115(109)99-59-57-89(116-101-53-29-25-49-91(101)92-50-26-30-54-102(92)116)72-105(99)118(107)110-95(81-47-33-45-79(61-81)74-35-15-10-16-36-74)65-84(76-39-19-12-20-40-76)66-96(110)82-48-34-46-80(62-82)75-37-17-11-18-38-75/h10-73H,1-9H3/i25D,26D,27D,28D,29D,30D,31D,49D,50D,51D,52D,53D,54D,55D,56D. The first-order chi connectivity index (χ1) is 64.1. The van der Waals surface area contributed by atoms with E-state index in [1.165, 1.54) is 6.07 Å². The van der Waals surface area contributed by atoms with Crippen LogP contribution in [0.3, 0.4) is 0 Å². The minimum atomic E-state index is -0.825. The molecule has 0 atom stereocenters. The van der Waals surface area contributed by atoms with Crippen LogP contribution in [0, 0.1) is 0 Å². The van der Waals surface area contributed by atoms with E-state index in [0.717, 1.165) is 139 Å². The molecule has 0 radical (unpaired) electrons. The van der Waals surface area contributed by atoms with Crippen molar-refractivity contribution < 1.29 is 20.6 Å². The van der Waals surface area contributed by atoms with Crippen molar-refractivity contribution in [3.05, 3.63) is 405 Å². The van der Waals surface area contributed by atoms with Gasteiger partial charge in [-0.1, -0.05) is 353 Å². The van der Waals surface area contributed by atoms with Crippen LogP contribution < -0.4 is 26.2 Å². The lowest BCUT2D eigenvalue weighted by atomic mass is 9.33. The maximum Gasteiger partial charge on any atom is 0.252 e. The number of fused-ring (bicyclic) bond motifs is 10. The molecule has 5 heteroatoms. The molecule has 0 aliphatic carbocycles. The van der Waals surface area contributed by atoms with E-state index in [1.807, 2.05) is 72.8 Å². The van der Waals surface area contributed by atoms with Gasteiger partial charge in [-0.2, -0.15) is 0 Å². The second kappa shape index (κ2) is 28.4. The summed E-state index contributed by atoms with van der Waals surface area (Å²) < 4.78 is 148. The Bertz CT molecular complexity index is 7910. The summed E-state index contributed by atoms with van der Waals surface area (Å²) in [5.41, 5.74) is 23.4. The van der Waals surface area contributed by atoms with Gasteiger partial charge in [0, 0.05) is 77.9 Å². The Hall–Kier alpha value is -14.0. The Morgan fingerprint density at radius 1 is 0.235 bits per heavy atom. The maximum atomic E-state index is 10.1. The minimum Gasteiger partial charge on any atom is -0.310 e. The predicted octanol–water partition coefficient (Wildman–Crippen LogP) is 29.2. The highest BCUT2D eigenvalue weighted by molar-refractivity contribution is 7.00. The summed E-state index contributed by atoms with van der Waals surface area (Å²) in [5, 5.41) is -0.132. The molecule has 0 fully saturated rings. The maximum absolute atomic E-state index is 10.1. The summed E-state index contributed by atoms with van der Waals surface area (Å²) in [7, 11) is 0. The molecule has 0 N–H and O–H groups in total. The number of nitrogens with zero attached hydrogens (tertiary/aromatic N) is 4.